The molecule has 2 aromatic carbocycles. The Bertz CT molecular complexity index is 2030. The van der Waals surface area contributed by atoms with E-state index in [2.05, 4.69) is 46.7 Å². The van der Waals surface area contributed by atoms with E-state index in [4.69, 9.17) is 4.42 Å². The number of carbonyl (C=O) groups is 1. The van der Waals surface area contributed by atoms with Crippen molar-refractivity contribution in [2.75, 3.05) is 23.0 Å². The van der Waals surface area contributed by atoms with Gasteiger partial charge in [0.15, 0.2) is 6.54 Å². The van der Waals surface area contributed by atoms with E-state index in [0.717, 1.165) is 59.4 Å². The zero-order valence-corrected chi connectivity index (χ0v) is 28.5. The summed E-state index contributed by atoms with van der Waals surface area (Å²) in [5, 5.41) is 2.93. The summed E-state index contributed by atoms with van der Waals surface area (Å²) in [6.45, 7) is 6.32. The first-order valence-corrected chi connectivity index (χ1v) is 19.5. The number of furan rings is 1. The first kappa shape index (κ1) is 33.2. The second-order valence-electron chi connectivity index (χ2n) is 10.9. The van der Waals surface area contributed by atoms with Crippen molar-refractivity contribution in [1.29, 1.82) is 0 Å². The Kier molecular flexibility index (Phi) is 10.1. The molecule has 240 valence electrons. The maximum Gasteiger partial charge on any atom is 0.265 e. The number of amides is 1. The van der Waals surface area contributed by atoms with E-state index in [-0.39, 0.29) is 17.9 Å². The highest BCUT2D eigenvalue weighted by Crippen LogP contribution is 2.47. The predicted octanol–water partition coefficient (Wildman–Crippen LogP) is 6.01. The third-order valence-electron chi connectivity index (χ3n) is 7.36. The molecule has 0 bridgehead atoms. The standard InChI is InChI=1S/C31H35N3O7S4/c1-4-23(20-30-34(14-7-17-45(38,39)40)31-24-12-15-41-26(24)9-11-28(31)43-30)19-29-33(25-18-21(2)8-10-27(25)42-29)13-5-6-16-44(36,37)32-22(3)35/h8-12,15,18-20H,4-7,13-14,16-17H2,1-3H3,(H-,32,35,38,39,40)/p+1. The molecule has 2 aromatic heterocycles. The van der Waals surface area contributed by atoms with Crippen LogP contribution in [0.1, 0.15) is 50.1 Å². The van der Waals surface area contributed by atoms with Gasteiger partial charge in [0.1, 0.15) is 10.3 Å². The normalized spacial score (nSPS) is 15.0. The molecule has 10 nitrogen and oxygen atoms in total. The van der Waals surface area contributed by atoms with Crippen LogP contribution in [0.25, 0.3) is 27.3 Å². The minimum atomic E-state index is -4.09. The van der Waals surface area contributed by atoms with Crippen molar-refractivity contribution in [2.24, 2.45) is 0 Å². The van der Waals surface area contributed by atoms with Crippen LogP contribution in [0.5, 0.6) is 0 Å². The molecule has 5 rings (SSSR count). The highest BCUT2D eigenvalue weighted by molar-refractivity contribution is 8.03. The Labute approximate surface area is 271 Å². The molecule has 1 aliphatic heterocycles. The average Bonchev–Trinajstić information content (AvgIpc) is 3.65. The Morgan fingerprint density at radius 3 is 2.62 bits per heavy atom. The molecule has 0 unspecified atom stereocenters. The molecule has 1 aliphatic rings. The largest absolute Gasteiger partial charge is 0.464 e. The number of rotatable bonds is 13. The van der Waals surface area contributed by atoms with E-state index in [1.165, 1.54) is 6.92 Å². The van der Waals surface area contributed by atoms with Crippen LogP contribution in [0.4, 0.5) is 5.69 Å². The molecule has 0 aliphatic carbocycles. The molecule has 45 heavy (non-hydrogen) atoms. The molecule has 14 heteroatoms. The summed E-state index contributed by atoms with van der Waals surface area (Å²) in [5.41, 5.74) is 4.98. The fraction of sp³-hybridized carbons (Fsp3) is 0.355. The topological polar surface area (TPSA) is 138 Å². The SMILES string of the molecule is CCC(/C=C1\Sc2ccc(C)cc2N1CCCCS(=O)(=O)NC(C)=O)=C\c1sc2ccc3occc3c2[n+]1CCCS(=O)(=O)O. The molecule has 0 fully saturated rings. The predicted molar refractivity (Wildman–Crippen MR) is 180 cm³/mol. The van der Waals surface area contributed by atoms with Crippen molar-refractivity contribution in [3.05, 3.63) is 69.9 Å². The molecule has 1 amide bonds. The number of hydrogen-bond donors (Lipinski definition) is 2. The number of thiazole rings is 1. The zero-order chi connectivity index (χ0) is 32.4. The number of sulfonamides is 1. The number of aryl methyl sites for hydroxylation is 2. The van der Waals surface area contributed by atoms with Crippen LogP contribution in [0.15, 0.2) is 68.7 Å². The number of fused-ring (bicyclic) bond motifs is 4. The van der Waals surface area contributed by atoms with Crippen LogP contribution in [0.3, 0.4) is 0 Å². The second kappa shape index (κ2) is 13.7. The zero-order valence-electron chi connectivity index (χ0n) is 25.3. The molecule has 0 spiro atoms. The van der Waals surface area contributed by atoms with Gasteiger partial charge < -0.3 is 9.32 Å². The van der Waals surface area contributed by atoms with Crippen LogP contribution < -0.4 is 14.2 Å². The summed E-state index contributed by atoms with van der Waals surface area (Å²) in [6.07, 6.45) is 7.94. The number of nitrogens with zero attached hydrogens (tertiary/aromatic N) is 2. The average molecular weight is 691 g/mol. The van der Waals surface area contributed by atoms with Gasteiger partial charge in [-0.1, -0.05) is 36.1 Å². The first-order valence-electron chi connectivity index (χ1n) is 14.6. The number of benzene rings is 2. The second-order valence-corrected chi connectivity index (χ2v) is 16.5. The monoisotopic (exact) mass is 690 g/mol. The minimum Gasteiger partial charge on any atom is -0.464 e. The van der Waals surface area contributed by atoms with Gasteiger partial charge in [0.25, 0.3) is 15.1 Å². The number of unbranched alkanes of at least 4 members (excludes halogenated alkanes) is 1. The smallest absolute Gasteiger partial charge is 0.265 e. The summed E-state index contributed by atoms with van der Waals surface area (Å²) >= 11 is 3.28. The molecule has 3 heterocycles. The molecule has 0 radical (unpaired) electrons. The highest BCUT2D eigenvalue weighted by Gasteiger charge is 2.27. The van der Waals surface area contributed by atoms with Gasteiger partial charge in [0, 0.05) is 30.9 Å². The Hall–Kier alpha value is -3.17. The van der Waals surface area contributed by atoms with E-state index in [1.54, 1.807) is 29.4 Å². The van der Waals surface area contributed by atoms with Gasteiger partial charge in [-0.25, -0.2) is 8.42 Å². The third kappa shape index (κ3) is 8.17. The van der Waals surface area contributed by atoms with Crippen LogP contribution in [0.2, 0.25) is 0 Å². The van der Waals surface area contributed by atoms with Gasteiger partial charge in [-0.2, -0.15) is 13.0 Å². The van der Waals surface area contributed by atoms with Crippen molar-refractivity contribution in [3.8, 4) is 0 Å². The van der Waals surface area contributed by atoms with Crippen molar-refractivity contribution in [2.45, 2.75) is 57.9 Å². The van der Waals surface area contributed by atoms with E-state index in [0.29, 0.717) is 25.9 Å². The Morgan fingerprint density at radius 2 is 1.89 bits per heavy atom. The van der Waals surface area contributed by atoms with E-state index in [9.17, 15) is 26.2 Å². The molecule has 2 N–H and O–H groups in total. The maximum absolute atomic E-state index is 12.1. The van der Waals surface area contributed by atoms with Crippen LogP contribution >= 0.6 is 23.1 Å². The molecule has 0 saturated heterocycles. The van der Waals surface area contributed by atoms with Crippen LogP contribution in [0, 0.1) is 6.92 Å². The molecule has 4 aromatic rings. The molecular formula is C31H36N3O7S4+. The summed E-state index contributed by atoms with van der Waals surface area (Å²) in [5.74, 6) is -1.05. The van der Waals surface area contributed by atoms with Gasteiger partial charge in [0.2, 0.25) is 21.4 Å². The lowest BCUT2D eigenvalue weighted by atomic mass is 10.1. The van der Waals surface area contributed by atoms with E-state index >= 15 is 0 Å². The number of hydrogen-bond acceptors (Lipinski definition) is 9. The fourth-order valence-electron chi connectivity index (χ4n) is 5.33. The van der Waals surface area contributed by atoms with Gasteiger partial charge >= 0.3 is 0 Å². The lowest BCUT2D eigenvalue weighted by Crippen LogP contribution is -2.36. The molecular weight excluding hydrogens is 655 g/mol. The van der Waals surface area contributed by atoms with Gasteiger partial charge in [-0.15, -0.1) is 0 Å². The van der Waals surface area contributed by atoms with Crippen molar-refractivity contribution < 1.29 is 35.2 Å². The Balaban J connectivity index is 1.47. The van der Waals surface area contributed by atoms with E-state index in [1.807, 2.05) is 29.8 Å². The molecule has 0 atom stereocenters. The summed E-state index contributed by atoms with van der Waals surface area (Å²) in [7, 11) is -7.75. The number of allylic oxidation sites excluding steroid dienone is 2. The number of aromatic nitrogens is 1. The number of anilines is 1. The van der Waals surface area contributed by atoms with Crippen molar-refractivity contribution >= 4 is 82.1 Å². The lowest BCUT2D eigenvalue weighted by molar-refractivity contribution is -0.667. The first-order chi connectivity index (χ1) is 21.3. The number of carbonyl (C=O) groups excluding carboxylic acids is 1. The highest BCUT2D eigenvalue weighted by atomic mass is 32.2. The quantitative estimate of drug-likeness (QED) is 0.0981. The van der Waals surface area contributed by atoms with Gasteiger partial charge in [0.05, 0.1) is 33.9 Å². The maximum atomic E-state index is 12.1. The summed E-state index contributed by atoms with van der Waals surface area (Å²) in [6, 6.07) is 12.2. The molecule has 0 saturated carbocycles. The number of thioether (sulfide) groups is 1. The van der Waals surface area contributed by atoms with Gasteiger partial charge in [-0.05, 0) is 73.7 Å². The number of nitrogens with one attached hydrogen (secondary N) is 1. The lowest BCUT2D eigenvalue weighted by Gasteiger charge is -2.21. The van der Waals surface area contributed by atoms with Crippen LogP contribution in [-0.2, 0) is 31.5 Å². The Morgan fingerprint density at radius 1 is 1.09 bits per heavy atom. The summed E-state index contributed by atoms with van der Waals surface area (Å²) in [4.78, 5) is 14.6. The van der Waals surface area contributed by atoms with Crippen molar-refractivity contribution in [3.63, 3.8) is 0 Å². The van der Waals surface area contributed by atoms with Crippen molar-refractivity contribution in [1.82, 2.24) is 4.72 Å². The fourth-order valence-corrected chi connectivity index (χ4v) is 9.27. The van der Waals surface area contributed by atoms with Crippen LogP contribution in [-0.4, -0.2) is 45.3 Å². The minimum absolute atomic E-state index is 0.124. The third-order valence-corrected chi connectivity index (χ3v) is 11.8. The summed E-state index contributed by atoms with van der Waals surface area (Å²) < 4.78 is 67.4. The van der Waals surface area contributed by atoms with E-state index < -0.39 is 26.0 Å². The van der Waals surface area contributed by atoms with Gasteiger partial charge in [-0.3, -0.25) is 14.1 Å².